The molecule has 0 spiro atoms. The number of carbonyl (C=O) groups excluding carboxylic acids is 1. The highest BCUT2D eigenvalue weighted by Gasteiger charge is 2.19. The van der Waals surface area contributed by atoms with E-state index in [-0.39, 0.29) is 12.5 Å². The molecule has 0 saturated carbocycles. The first-order valence-electron chi connectivity index (χ1n) is 9.63. The number of carbonyl (C=O) groups is 1. The van der Waals surface area contributed by atoms with Crippen molar-refractivity contribution in [2.45, 2.75) is 20.8 Å². The minimum absolute atomic E-state index is 0.00222. The van der Waals surface area contributed by atoms with Gasteiger partial charge in [-0.2, -0.15) is 0 Å². The molecule has 5 heteroatoms. The number of ether oxygens (including phenoxy) is 1. The zero-order valence-corrected chi connectivity index (χ0v) is 16.5. The molecule has 0 atom stereocenters. The van der Waals surface area contributed by atoms with Crippen LogP contribution in [0.5, 0.6) is 5.75 Å². The molecule has 0 aliphatic carbocycles. The van der Waals surface area contributed by atoms with Crippen LogP contribution in [-0.2, 0) is 4.79 Å². The number of anilines is 2. The molecule has 0 radical (unpaired) electrons. The summed E-state index contributed by atoms with van der Waals surface area (Å²) in [7, 11) is 0. The maximum atomic E-state index is 12.5. The molecule has 2 aromatic rings. The lowest BCUT2D eigenvalue weighted by Gasteiger charge is -2.36. The molecule has 0 unspecified atom stereocenters. The van der Waals surface area contributed by atoms with Crippen LogP contribution in [0.2, 0.25) is 0 Å². The van der Waals surface area contributed by atoms with Crippen LogP contribution in [0.4, 0.5) is 11.4 Å². The van der Waals surface area contributed by atoms with Crippen molar-refractivity contribution in [2.75, 3.05) is 49.5 Å². The quantitative estimate of drug-likeness (QED) is 0.849. The van der Waals surface area contributed by atoms with Crippen LogP contribution < -0.4 is 15.0 Å². The fraction of sp³-hybridized carbons (Fsp3) is 0.409. The first-order chi connectivity index (χ1) is 13.1. The summed E-state index contributed by atoms with van der Waals surface area (Å²) in [6.07, 6.45) is 0. The second-order valence-electron chi connectivity index (χ2n) is 6.97. The molecule has 144 valence electrons. The van der Waals surface area contributed by atoms with Gasteiger partial charge in [0.1, 0.15) is 5.75 Å². The SMILES string of the molecule is CCN1CCN(c2ccccc2NC(=O)COc2cccc(C)c2C)CC1. The molecule has 1 saturated heterocycles. The predicted molar refractivity (Wildman–Crippen MR) is 111 cm³/mol. The van der Waals surface area contributed by atoms with E-state index in [4.69, 9.17) is 4.74 Å². The number of likely N-dealkylation sites (N-methyl/N-ethyl adjacent to an activating group) is 1. The molecule has 5 nitrogen and oxygen atoms in total. The van der Waals surface area contributed by atoms with E-state index in [1.165, 1.54) is 0 Å². The highest BCUT2D eigenvalue weighted by molar-refractivity contribution is 5.95. The second kappa shape index (κ2) is 8.91. The second-order valence-corrected chi connectivity index (χ2v) is 6.97. The van der Waals surface area contributed by atoms with Gasteiger partial charge >= 0.3 is 0 Å². The van der Waals surface area contributed by atoms with E-state index < -0.39 is 0 Å². The molecule has 1 N–H and O–H groups in total. The van der Waals surface area contributed by atoms with E-state index in [0.717, 1.165) is 61.0 Å². The van der Waals surface area contributed by atoms with E-state index in [1.807, 2.05) is 50.2 Å². The fourth-order valence-electron chi connectivity index (χ4n) is 3.37. The van der Waals surface area contributed by atoms with Crippen molar-refractivity contribution in [2.24, 2.45) is 0 Å². The van der Waals surface area contributed by atoms with E-state index in [1.54, 1.807) is 0 Å². The molecule has 0 bridgehead atoms. The molecular weight excluding hydrogens is 338 g/mol. The van der Waals surface area contributed by atoms with Crippen molar-refractivity contribution in [3.8, 4) is 5.75 Å². The third-order valence-electron chi connectivity index (χ3n) is 5.25. The highest BCUT2D eigenvalue weighted by atomic mass is 16.5. The Morgan fingerprint density at radius 2 is 1.78 bits per heavy atom. The van der Waals surface area contributed by atoms with Gasteiger partial charge in [0, 0.05) is 26.2 Å². The summed E-state index contributed by atoms with van der Waals surface area (Å²) < 4.78 is 5.73. The van der Waals surface area contributed by atoms with Gasteiger partial charge in [-0.3, -0.25) is 4.79 Å². The van der Waals surface area contributed by atoms with Crippen LogP contribution in [0, 0.1) is 13.8 Å². The van der Waals surface area contributed by atoms with Crippen molar-refractivity contribution in [3.63, 3.8) is 0 Å². The number of hydrogen-bond donors (Lipinski definition) is 1. The summed E-state index contributed by atoms with van der Waals surface area (Å²) in [5.41, 5.74) is 4.15. The monoisotopic (exact) mass is 367 g/mol. The summed E-state index contributed by atoms with van der Waals surface area (Å²) in [5, 5.41) is 3.02. The van der Waals surface area contributed by atoms with E-state index in [0.29, 0.717) is 0 Å². The fourth-order valence-corrected chi connectivity index (χ4v) is 3.37. The molecule has 1 aliphatic heterocycles. The van der Waals surface area contributed by atoms with Crippen molar-refractivity contribution < 1.29 is 9.53 Å². The maximum absolute atomic E-state index is 12.5. The van der Waals surface area contributed by atoms with E-state index in [2.05, 4.69) is 28.1 Å². The Hall–Kier alpha value is -2.53. The Kier molecular flexibility index (Phi) is 6.35. The number of nitrogens with zero attached hydrogens (tertiary/aromatic N) is 2. The molecule has 2 aromatic carbocycles. The average molecular weight is 367 g/mol. The minimum atomic E-state index is -0.143. The van der Waals surface area contributed by atoms with Gasteiger partial charge in [0.05, 0.1) is 11.4 Å². The van der Waals surface area contributed by atoms with Crippen LogP contribution in [0.1, 0.15) is 18.1 Å². The first-order valence-corrected chi connectivity index (χ1v) is 9.63. The molecule has 0 aromatic heterocycles. The lowest BCUT2D eigenvalue weighted by Crippen LogP contribution is -2.46. The minimum Gasteiger partial charge on any atom is -0.483 e. The van der Waals surface area contributed by atoms with Gasteiger partial charge in [-0.15, -0.1) is 0 Å². The lowest BCUT2D eigenvalue weighted by atomic mass is 10.1. The van der Waals surface area contributed by atoms with Crippen molar-refractivity contribution in [1.29, 1.82) is 0 Å². The number of para-hydroxylation sites is 2. The van der Waals surface area contributed by atoms with Gasteiger partial charge < -0.3 is 19.9 Å². The van der Waals surface area contributed by atoms with Crippen LogP contribution in [0.25, 0.3) is 0 Å². The zero-order chi connectivity index (χ0) is 19.2. The Morgan fingerprint density at radius 1 is 1.04 bits per heavy atom. The van der Waals surface area contributed by atoms with Crippen molar-refractivity contribution in [1.82, 2.24) is 4.90 Å². The molecule has 1 heterocycles. The number of rotatable bonds is 6. The topological polar surface area (TPSA) is 44.8 Å². The van der Waals surface area contributed by atoms with Gasteiger partial charge in [0.2, 0.25) is 0 Å². The summed E-state index contributed by atoms with van der Waals surface area (Å²) in [5.74, 6) is 0.615. The van der Waals surface area contributed by atoms with Gasteiger partial charge in [0.15, 0.2) is 6.61 Å². The Labute approximate surface area is 161 Å². The first kappa shape index (κ1) is 19.2. The van der Waals surface area contributed by atoms with Crippen LogP contribution in [0.3, 0.4) is 0 Å². The van der Waals surface area contributed by atoms with Gasteiger partial charge in [-0.05, 0) is 49.7 Å². The van der Waals surface area contributed by atoms with E-state index >= 15 is 0 Å². The number of piperazine rings is 1. The number of amides is 1. The van der Waals surface area contributed by atoms with Crippen LogP contribution in [0.15, 0.2) is 42.5 Å². The molecule has 1 aliphatic rings. The zero-order valence-electron chi connectivity index (χ0n) is 16.5. The number of nitrogens with one attached hydrogen (secondary N) is 1. The van der Waals surface area contributed by atoms with Gasteiger partial charge in [0.25, 0.3) is 5.91 Å². The standard InChI is InChI=1S/C22H29N3O2/c1-4-24-12-14-25(15-13-24)20-10-6-5-9-19(20)23-22(26)16-27-21-11-7-8-17(2)18(21)3/h5-11H,4,12-16H2,1-3H3,(H,23,26). The van der Waals surface area contributed by atoms with Crippen molar-refractivity contribution in [3.05, 3.63) is 53.6 Å². The van der Waals surface area contributed by atoms with Gasteiger partial charge in [-0.25, -0.2) is 0 Å². The number of hydrogen-bond acceptors (Lipinski definition) is 4. The highest BCUT2D eigenvalue weighted by Crippen LogP contribution is 2.27. The summed E-state index contributed by atoms with van der Waals surface area (Å²) in [6, 6.07) is 13.9. The van der Waals surface area contributed by atoms with Crippen LogP contribution in [-0.4, -0.2) is 50.1 Å². The molecular formula is C22H29N3O2. The molecule has 3 rings (SSSR count). The third kappa shape index (κ3) is 4.80. The Balaban J connectivity index is 1.62. The number of aryl methyl sites for hydroxylation is 1. The summed E-state index contributed by atoms with van der Waals surface area (Å²) >= 11 is 0. The largest absolute Gasteiger partial charge is 0.483 e. The number of benzene rings is 2. The smallest absolute Gasteiger partial charge is 0.262 e. The average Bonchev–Trinajstić information content (AvgIpc) is 2.70. The lowest BCUT2D eigenvalue weighted by molar-refractivity contribution is -0.118. The Bertz CT molecular complexity index is 783. The maximum Gasteiger partial charge on any atom is 0.262 e. The third-order valence-corrected chi connectivity index (χ3v) is 5.25. The summed E-state index contributed by atoms with van der Waals surface area (Å²) in [4.78, 5) is 17.2. The molecule has 1 fully saturated rings. The van der Waals surface area contributed by atoms with E-state index in [9.17, 15) is 4.79 Å². The molecule has 1 amide bonds. The Morgan fingerprint density at radius 3 is 2.52 bits per heavy atom. The van der Waals surface area contributed by atoms with Crippen molar-refractivity contribution >= 4 is 17.3 Å². The predicted octanol–water partition coefficient (Wildman–Crippen LogP) is 3.46. The summed E-state index contributed by atoms with van der Waals surface area (Å²) in [6.45, 7) is 11.4. The molecule has 27 heavy (non-hydrogen) atoms. The van der Waals surface area contributed by atoms with Crippen LogP contribution >= 0.6 is 0 Å². The van der Waals surface area contributed by atoms with Gasteiger partial charge in [-0.1, -0.05) is 31.2 Å². The normalized spacial score (nSPS) is 14.9.